The van der Waals surface area contributed by atoms with E-state index in [-0.39, 0.29) is 18.4 Å². The fourth-order valence-corrected chi connectivity index (χ4v) is 2.36. The first kappa shape index (κ1) is 15.7. The molecule has 1 amide bonds. The largest absolute Gasteiger partial charge is 0.396 e. The van der Waals surface area contributed by atoms with E-state index in [0.29, 0.717) is 24.1 Å². The SMILES string of the molecule is N#Cc1ccccc1C(=O)NCC(CCO)c1ccccc1. The number of nitrogens with zero attached hydrogens (tertiary/aromatic N) is 1. The van der Waals surface area contributed by atoms with Crippen LogP contribution in [0.1, 0.15) is 33.8 Å². The van der Waals surface area contributed by atoms with Crippen LogP contribution in [0.15, 0.2) is 54.6 Å². The fraction of sp³-hybridized carbons (Fsp3) is 0.222. The van der Waals surface area contributed by atoms with Gasteiger partial charge in [0.15, 0.2) is 0 Å². The summed E-state index contributed by atoms with van der Waals surface area (Å²) in [6, 6.07) is 18.5. The summed E-state index contributed by atoms with van der Waals surface area (Å²) in [6.07, 6.45) is 0.574. The van der Waals surface area contributed by atoms with Crippen LogP contribution in [0.4, 0.5) is 0 Å². The molecule has 22 heavy (non-hydrogen) atoms. The van der Waals surface area contributed by atoms with Crippen LogP contribution in [0.5, 0.6) is 0 Å². The van der Waals surface area contributed by atoms with Gasteiger partial charge in [0.25, 0.3) is 5.91 Å². The maximum atomic E-state index is 12.2. The van der Waals surface area contributed by atoms with E-state index in [1.165, 1.54) is 0 Å². The van der Waals surface area contributed by atoms with Crippen molar-refractivity contribution < 1.29 is 9.90 Å². The lowest BCUT2D eigenvalue weighted by Gasteiger charge is -2.17. The molecular weight excluding hydrogens is 276 g/mol. The second-order valence-electron chi connectivity index (χ2n) is 4.99. The molecule has 0 radical (unpaired) electrons. The van der Waals surface area contributed by atoms with E-state index in [1.54, 1.807) is 24.3 Å². The van der Waals surface area contributed by atoms with Crippen molar-refractivity contribution in [3.05, 3.63) is 71.3 Å². The molecule has 0 fully saturated rings. The van der Waals surface area contributed by atoms with Crippen molar-refractivity contribution in [1.29, 1.82) is 5.26 Å². The maximum Gasteiger partial charge on any atom is 0.252 e. The highest BCUT2D eigenvalue weighted by atomic mass is 16.3. The van der Waals surface area contributed by atoms with Gasteiger partial charge in [-0.1, -0.05) is 42.5 Å². The first-order valence-corrected chi connectivity index (χ1v) is 7.19. The zero-order valence-electron chi connectivity index (χ0n) is 12.2. The number of nitrogens with one attached hydrogen (secondary N) is 1. The summed E-state index contributed by atoms with van der Waals surface area (Å²) in [7, 11) is 0. The Labute approximate surface area is 130 Å². The normalized spacial score (nSPS) is 11.5. The molecule has 0 heterocycles. The number of nitriles is 1. The third-order valence-electron chi connectivity index (χ3n) is 3.55. The monoisotopic (exact) mass is 294 g/mol. The summed E-state index contributed by atoms with van der Waals surface area (Å²) in [6.45, 7) is 0.480. The van der Waals surface area contributed by atoms with Gasteiger partial charge in [-0.2, -0.15) is 5.26 Å². The van der Waals surface area contributed by atoms with Gasteiger partial charge >= 0.3 is 0 Å². The molecule has 0 aliphatic rings. The Bertz CT molecular complexity index is 662. The summed E-state index contributed by atoms with van der Waals surface area (Å²) in [5.74, 6) is -0.222. The summed E-state index contributed by atoms with van der Waals surface area (Å²) in [4.78, 5) is 12.2. The number of hydrogen-bond acceptors (Lipinski definition) is 3. The minimum atomic E-state index is -0.268. The van der Waals surface area contributed by atoms with Crippen molar-refractivity contribution in [3.63, 3.8) is 0 Å². The molecule has 2 rings (SSSR count). The van der Waals surface area contributed by atoms with Crippen LogP contribution in [-0.2, 0) is 0 Å². The van der Waals surface area contributed by atoms with Crippen LogP contribution in [0.3, 0.4) is 0 Å². The number of amides is 1. The minimum absolute atomic E-state index is 0.0457. The molecule has 0 aliphatic heterocycles. The molecule has 112 valence electrons. The van der Waals surface area contributed by atoms with Gasteiger partial charge in [-0.15, -0.1) is 0 Å². The molecule has 0 bridgehead atoms. The van der Waals surface area contributed by atoms with Gasteiger partial charge in [0.05, 0.1) is 17.2 Å². The Kier molecular flexibility index (Phi) is 5.70. The maximum absolute atomic E-state index is 12.2. The lowest BCUT2D eigenvalue weighted by Crippen LogP contribution is -2.29. The number of carbonyl (C=O) groups is 1. The van der Waals surface area contributed by atoms with Gasteiger partial charge in [0, 0.05) is 19.1 Å². The average molecular weight is 294 g/mol. The van der Waals surface area contributed by atoms with Gasteiger partial charge in [0.1, 0.15) is 0 Å². The zero-order valence-corrected chi connectivity index (χ0v) is 12.2. The Morgan fingerprint density at radius 2 is 1.82 bits per heavy atom. The minimum Gasteiger partial charge on any atom is -0.396 e. The molecule has 1 unspecified atom stereocenters. The van der Waals surface area contributed by atoms with Crippen LogP contribution in [-0.4, -0.2) is 24.2 Å². The highest BCUT2D eigenvalue weighted by Crippen LogP contribution is 2.18. The zero-order chi connectivity index (χ0) is 15.8. The number of aliphatic hydroxyl groups excluding tert-OH is 1. The number of rotatable bonds is 6. The van der Waals surface area contributed by atoms with Crippen molar-refractivity contribution in [2.24, 2.45) is 0 Å². The number of carbonyl (C=O) groups excluding carboxylic acids is 1. The smallest absolute Gasteiger partial charge is 0.252 e. The summed E-state index contributed by atoms with van der Waals surface area (Å²) >= 11 is 0. The molecule has 0 aliphatic carbocycles. The summed E-state index contributed by atoms with van der Waals surface area (Å²) in [5, 5.41) is 21.1. The van der Waals surface area contributed by atoms with Crippen molar-refractivity contribution in [3.8, 4) is 6.07 Å². The standard InChI is InChI=1S/C18H18N2O2/c19-12-15-8-4-5-9-17(15)18(22)20-13-16(10-11-21)14-6-2-1-3-7-14/h1-9,16,21H,10-11,13H2,(H,20,22). The lowest BCUT2D eigenvalue weighted by molar-refractivity contribution is 0.0949. The van der Waals surface area contributed by atoms with E-state index < -0.39 is 0 Å². The number of benzene rings is 2. The Morgan fingerprint density at radius 1 is 1.14 bits per heavy atom. The fourth-order valence-electron chi connectivity index (χ4n) is 2.36. The Morgan fingerprint density at radius 3 is 2.50 bits per heavy atom. The van der Waals surface area contributed by atoms with Gasteiger partial charge in [-0.3, -0.25) is 4.79 Å². The molecule has 4 nitrogen and oxygen atoms in total. The summed E-state index contributed by atoms with van der Waals surface area (Å²) in [5.41, 5.74) is 1.81. The van der Waals surface area contributed by atoms with Gasteiger partial charge in [-0.05, 0) is 24.1 Å². The van der Waals surface area contributed by atoms with Crippen LogP contribution >= 0.6 is 0 Å². The highest BCUT2D eigenvalue weighted by Gasteiger charge is 2.15. The molecule has 2 aromatic carbocycles. The Balaban J connectivity index is 2.06. The number of aliphatic hydroxyl groups is 1. The predicted molar refractivity (Wildman–Crippen MR) is 84.4 cm³/mol. The van der Waals surface area contributed by atoms with Gasteiger partial charge in [-0.25, -0.2) is 0 Å². The first-order valence-electron chi connectivity index (χ1n) is 7.19. The molecule has 4 heteroatoms. The van der Waals surface area contributed by atoms with E-state index >= 15 is 0 Å². The Hall–Kier alpha value is -2.64. The van der Waals surface area contributed by atoms with Crippen molar-refractivity contribution in [2.75, 3.05) is 13.2 Å². The predicted octanol–water partition coefficient (Wildman–Crippen LogP) is 2.45. The van der Waals surface area contributed by atoms with E-state index in [9.17, 15) is 9.90 Å². The first-order chi connectivity index (χ1) is 10.8. The molecule has 1 atom stereocenters. The van der Waals surface area contributed by atoms with Crippen LogP contribution < -0.4 is 5.32 Å². The van der Waals surface area contributed by atoms with Gasteiger partial charge < -0.3 is 10.4 Å². The van der Waals surface area contributed by atoms with E-state index in [4.69, 9.17) is 5.26 Å². The van der Waals surface area contributed by atoms with E-state index in [2.05, 4.69) is 5.32 Å². The third-order valence-corrected chi connectivity index (χ3v) is 3.55. The molecule has 2 aromatic rings. The van der Waals surface area contributed by atoms with Crippen molar-refractivity contribution in [1.82, 2.24) is 5.32 Å². The van der Waals surface area contributed by atoms with E-state index in [1.807, 2.05) is 36.4 Å². The summed E-state index contributed by atoms with van der Waals surface area (Å²) < 4.78 is 0. The second-order valence-corrected chi connectivity index (χ2v) is 4.99. The van der Waals surface area contributed by atoms with Crippen LogP contribution in [0.25, 0.3) is 0 Å². The average Bonchev–Trinajstić information content (AvgIpc) is 2.59. The molecule has 0 saturated heterocycles. The van der Waals surface area contributed by atoms with E-state index in [0.717, 1.165) is 5.56 Å². The topological polar surface area (TPSA) is 73.1 Å². The second kappa shape index (κ2) is 7.96. The molecule has 0 spiro atoms. The molecule has 0 aromatic heterocycles. The lowest BCUT2D eigenvalue weighted by atomic mass is 9.96. The van der Waals surface area contributed by atoms with Crippen LogP contribution in [0.2, 0.25) is 0 Å². The highest BCUT2D eigenvalue weighted by molar-refractivity contribution is 5.96. The van der Waals surface area contributed by atoms with Crippen molar-refractivity contribution in [2.45, 2.75) is 12.3 Å². The van der Waals surface area contributed by atoms with Gasteiger partial charge in [0.2, 0.25) is 0 Å². The number of hydrogen-bond donors (Lipinski definition) is 2. The molecular formula is C18H18N2O2. The molecule has 2 N–H and O–H groups in total. The quantitative estimate of drug-likeness (QED) is 0.859. The molecule has 0 saturated carbocycles. The third kappa shape index (κ3) is 3.94. The van der Waals surface area contributed by atoms with Crippen LogP contribution in [0, 0.1) is 11.3 Å². The van der Waals surface area contributed by atoms with Crippen molar-refractivity contribution >= 4 is 5.91 Å².